The highest BCUT2D eigenvalue weighted by molar-refractivity contribution is 9.10. The lowest BCUT2D eigenvalue weighted by Gasteiger charge is -2.34. The number of benzene rings is 1. The van der Waals surface area contributed by atoms with Crippen molar-refractivity contribution in [1.82, 2.24) is 10.2 Å². The Bertz CT molecular complexity index is 589. The molecule has 1 aromatic carbocycles. The summed E-state index contributed by atoms with van der Waals surface area (Å²) in [5.74, 6) is -0.0920. The molecule has 0 bridgehead atoms. The number of amides is 1. The largest absolute Gasteiger partial charge is 0.398 e. The van der Waals surface area contributed by atoms with Gasteiger partial charge < -0.3 is 16.2 Å². The zero-order valence-electron chi connectivity index (χ0n) is 15.8. The van der Waals surface area contributed by atoms with Crippen molar-refractivity contribution in [3.05, 3.63) is 27.7 Å². The van der Waals surface area contributed by atoms with E-state index in [1.807, 2.05) is 6.07 Å². The van der Waals surface area contributed by atoms with Gasteiger partial charge in [0.15, 0.2) is 0 Å². The Morgan fingerprint density at radius 2 is 2.04 bits per heavy atom. The molecule has 1 saturated carbocycles. The van der Waals surface area contributed by atoms with Crippen molar-refractivity contribution in [2.75, 3.05) is 25.4 Å². The minimum atomic E-state index is -0.0920. The molecule has 1 fully saturated rings. The first-order valence-electron chi connectivity index (χ1n) is 9.77. The van der Waals surface area contributed by atoms with E-state index >= 15 is 0 Å². The number of nitrogen functional groups attached to an aromatic ring is 1. The number of nitrogens with two attached hydrogens (primary N) is 1. The molecule has 0 spiro atoms. The maximum Gasteiger partial charge on any atom is 0.251 e. The van der Waals surface area contributed by atoms with Gasteiger partial charge in [-0.05, 0) is 65.9 Å². The Hall–Kier alpha value is -1.11. The normalized spacial score (nSPS) is 15.4. The third-order valence-corrected chi connectivity index (χ3v) is 5.87. The molecule has 146 valence electrons. The van der Waals surface area contributed by atoms with Crippen LogP contribution in [0.4, 0.5) is 5.69 Å². The Labute approximate surface area is 165 Å². The second-order valence-electron chi connectivity index (χ2n) is 7.07. The second-order valence-corrected chi connectivity index (χ2v) is 7.93. The van der Waals surface area contributed by atoms with Gasteiger partial charge in [0.05, 0.1) is 5.69 Å². The van der Waals surface area contributed by atoms with Gasteiger partial charge >= 0.3 is 0 Å². The summed E-state index contributed by atoms with van der Waals surface area (Å²) in [6, 6.07) is 4.33. The molecule has 0 aromatic heterocycles. The van der Waals surface area contributed by atoms with Crippen molar-refractivity contribution in [3.63, 3.8) is 0 Å². The summed E-state index contributed by atoms with van der Waals surface area (Å²) in [5, 5.41) is 11.7. The number of nitrogens with one attached hydrogen (secondary N) is 1. The minimum absolute atomic E-state index is 0.0920. The van der Waals surface area contributed by atoms with E-state index < -0.39 is 0 Å². The lowest BCUT2D eigenvalue weighted by atomic mass is 9.93. The molecule has 0 saturated heterocycles. The SMILES string of the molecule is CCN(Cc1cc(C(=O)NCCCCO)cc(Br)c1N)C1CCCCC1. The van der Waals surface area contributed by atoms with Crippen LogP contribution in [-0.2, 0) is 6.54 Å². The maximum atomic E-state index is 12.4. The summed E-state index contributed by atoms with van der Waals surface area (Å²) >= 11 is 3.51. The summed E-state index contributed by atoms with van der Waals surface area (Å²) in [4.78, 5) is 14.9. The minimum Gasteiger partial charge on any atom is -0.398 e. The third-order valence-electron chi connectivity index (χ3n) is 5.22. The molecule has 2 rings (SSSR count). The van der Waals surface area contributed by atoms with Crippen molar-refractivity contribution < 1.29 is 9.90 Å². The molecular weight excluding hydrogens is 394 g/mol. The number of unbranched alkanes of at least 4 members (excludes halogenated alkanes) is 1. The van der Waals surface area contributed by atoms with E-state index in [2.05, 4.69) is 33.1 Å². The number of hydrogen-bond acceptors (Lipinski definition) is 4. The smallest absolute Gasteiger partial charge is 0.251 e. The van der Waals surface area contributed by atoms with Crippen LogP contribution in [0.2, 0.25) is 0 Å². The standard InChI is InChI=1S/C20H32BrN3O2/c1-2-24(17-8-4-3-5-9-17)14-16-12-15(13-18(21)19(16)22)20(26)23-10-6-7-11-25/h12-13,17,25H,2-11,14,22H2,1H3,(H,23,26). The van der Waals surface area contributed by atoms with Crippen LogP contribution in [0.3, 0.4) is 0 Å². The van der Waals surface area contributed by atoms with E-state index in [4.69, 9.17) is 10.8 Å². The monoisotopic (exact) mass is 425 g/mol. The molecule has 0 radical (unpaired) electrons. The molecule has 1 amide bonds. The number of aliphatic hydroxyl groups excluding tert-OH is 1. The Balaban J connectivity index is 2.09. The molecule has 0 atom stereocenters. The first kappa shape index (κ1) is 21.2. The average Bonchev–Trinajstić information content (AvgIpc) is 2.66. The number of anilines is 1. The molecule has 1 aliphatic rings. The van der Waals surface area contributed by atoms with Gasteiger partial charge in [-0.25, -0.2) is 0 Å². The number of aliphatic hydroxyl groups is 1. The van der Waals surface area contributed by atoms with E-state index in [1.165, 1.54) is 32.1 Å². The van der Waals surface area contributed by atoms with Crippen LogP contribution in [0.5, 0.6) is 0 Å². The number of rotatable bonds is 9. The fourth-order valence-electron chi connectivity index (χ4n) is 3.64. The van der Waals surface area contributed by atoms with E-state index in [1.54, 1.807) is 6.07 Å². The van der Waals surface area contributed by atoms with E-state index in [0.29, 0.717) is 24.6 Å². The van der Waals surface area contributed by atoms with E-state index in [0.717, 1.165) is 35.2 Å². The van der Waals surface area contributed by atoms with Crippen LogP contribution in [0.25, 0.3) is 0 Å². The fourth-order valence-corrected chi connectivity index (χ4v) is 4.14. The number of carbonyl (C=O) groups is 1. The highest BCUT2D eigenvalue weighted by atomic mass is 79.9. The molecule has 0 unspecified atom stereocenters. The molecule has 5 nitrogen and oxygen atoms in total. The predicted molar refractivity (Wildman–Crippen MR) is 110 cm³/mol. The van der Waals surface area contributed by atoms with Crippen LogP contribution in [-0.4, -0.2) is 41.7 Å². The maximum absolute atomic E-state index is 12.4. The van der Waals surface area contributed by atoms with Gasteiger partial charge in [-0.1, -0.05) is 26.2 Å². The fraction of sp³-hybridized carbons (Fsp3) is 0.650. The highest BCUT2D eigenvalue weighted by Crippen LogP contribution is 2.29. The van der Waals surface area contributed by atoms with Gasteiger partial charge in [0.2, 0.25) is 0 Å². The molecule has 0 heterocycles. The van der Waals surface area contributed by atoms with Crippen LogP contribution >= 0.6 is 15.9 Å². The van der Waals surface area contributed by atoms with Gasteiger partial charge in [0.1, 0.15) is 0 Å². The topological polar surface area (TPSA) is 78.6 Å². The van der Waals surface area contributed by atoms with Gasteiger partial charge in [0, 0.05) is 35.8 Å². The average molecular weight is 426 g/mol. The molecular formula is C20H32BrN3O2. The van der Waals surface area contributed by atoms with Crippen molar-refractivity contribution in [2.45, 2.75) is 64.5 Å². The summed E-state index contributed by atoms with van der Waals surface area (Å²) in [7, 11) is 0. The lowest BCUT2D eigenvalue weighted by Crippen LogP contribution is -2.36. The van der Waals surface area contributed by atoms with Gasteiger partial charge in [0.25, 0.3) is 5.91 Å². The van der Waals surface area contributed by atoms with Crippen LogP contribution in [0, 0.1) is 0 Å². The van der Waals surface area contributed by atoms with Crippen molar-refractivity contribution in [2.24, 2.45) is 0 Å². The lowest BCUT2D eigenvalue weighted by molar-refractivity contribution is 0.0951. The summed E-state index contributed by atoms with van der Waals surface area (Å²) in [6.45, 7) is 4.68. The quantitative estimate of drug-likeness (QED) is 0.416. The summed E-state index contributed by atoms with van der Waals surface area (Å²) in [6.07, 6.45) is 7.92. The molecule has 26 heavy (non-hydrogen) atoms. The van der Waals surface area contributed by atoms with Gasteiger partial charge in [-0.15, -0.1) is 0 Å². The Kier molecular flexibility index (Phi) is 8.88. The molecule has 4 N–H and O–H groups in total. The third kappa shape index (κ3) is 5.96. The van der Waals surface area contributed by atoms with Crippen LogP contribution in [0.1, 0.15) is 67.8 Å². The van der Waals surface area contributed by atoms with Crippen molar-refractivity contribution >= 4 is 27.5 Å². The van der Waals surface area contributed by atoms with Crippen molar-refractivity contribution in [1.29, 1.82) is 0 Å². The number of nitrogens with zero attached hydrogens (tertiary/aromatic N) is 1. The number of halogens is 1. The zero-order valence-corrected chi connectivity index (χ0v) is 17.4. The number of carbonyl (C=O) groups excluding carboxylic acids is 1. The van der Waals surface area contributed by atoms with Crippen LogP contribution < -0.4 is 11.1 Å². The molecule has 6 heteroatoms. The molecule has 1 aliphatic carbocycles. The molecule has 1 aromatic rings. The Morgan fingerprint density at radius 3 is 2.69 bits per heavy atom. The molecule has 0 aliphatic heterocycles. The summed E-state index contributed by atoms with van der Waals surface area (Å²) < 4.78 is 0.773. The number of hydrogen-bond donors (Lipinski definition) is 3. The Morgan fingerprint density at radius 1 is 1.31 bits per heavy atom. The first-order valence-corrected chi connectivity index (χ1v) is 10.6. The van der Waals surface area contributed by atoms with Crippen molar-refractivity contribution in [3.8, 4) is 0 Å². The van der Waals surface area contributed by atoms with Crippen LogP contribution in [0.15, 0.2) is 16.6 Å². The second kappa shape index (κ2) is 10.9. The van der Waals surface area contributed by atoms with Gasteiger partial charge in [-0.3, -0.25) is 9.69 Å². The van der Waals surface area contributed by atoms with E-state index in [-0.39, 0.29) is 12.5 Å². The first-order chi connectivity index (χ1) is 12.6. The van der Waals surface area contributed by atoms with Gasteiger partial charge in [-0.2, -0.15) is 0 Å². The van der Waals surface area contributed by atoms with E-state index in [9.17, 15) is 4.79 Å². The highest BCUT2D eigenvalue weighted by Gasteiger charge is 2.21. The summed E-state index contributed by atoms with van der Waals surface area (Å²) in [5.41, 5.74) is 8.65. The zero-order chi connectivity index (χ0) is 18.9. The predicted octanol–water partition coefficient (Wildman–Crippen LogP) is 3.69.